The van der Waals surface area contributed by atoms with Crippen LogP contribution in [0.3, 0.4) is 0 Å². The number of benzene rings is 2. The average Bonchev–Trinajstić information content (AvgIpc) is 2.53. The van der Waals surface area contributed by atoms with Crippen LogP contribution in [0.1, 0.15) is 21.5 Å². The Labute approximate surface area is 132 Å². The minimum atomic E-state index is -0.497. The Bertz CT molecular complexity index is 710. The van der Waals surface area contributed by atoms with Crippen molar-refractivity contribution in [2.24, 2.45) is 0 Å². The Balaban J connectivity index is 2.14. The van der Waals surface area contributed by atoms with Gasteiger partial charge in [-0.2, -0.15) is 5.26 Å². The van der Waals surface area contributed by atoms with E-state index >= 15 is 0 Å². The van der Waals surface area contributed by atoms with E-state index in [1.54, 1.807) is 36.4 Å². The third-order valence-electron chi connectivity index (χ3n) is 2.89. The molecule has 2 rings (SSSR count). The molecular weight excluding hydrogens is 306 g/mol. The molecule has 0 bridgehead atoms. The Morgan fingerprint density at radius 3 is 2.81 bits per heavy atom. The molecule has 0 spiro atoms. The van der Waals surface area contributed by atoms with E-state index in [1.807, 2.05) is 12.3 Å². The molecule has 2 aromatic rings. The van der Waals surface area contributed by atoms with Crippen LogP contribution in [0.15, 0.2) is 47.4 Å². The smallest absolute Gasteiger partial charge is 0.340 e. The first-order valence-corrected chi connectivity index (χ1v) is 7.74. The molecule has 0 amide bonds. The summed E-state index contributed by atoms with van der Waals surface area (Å²) in [5, 5.41) is 9.35. The van der Waals surface area contributed by atoms with E-state index in [-0.39, 0.29) is 6.61 Å². The maximum Gasteiger partial charge on any atom is 0.340 e. The predicted octanol–water partition coefficient (Wildman–Crippen LogP) is 4.29. The van der Waals surface area contributed by atoms with Crippen LogP contribution in [-0.4, -0.2) is 12.2 Å². The fourth-order valence-corrected chi connectivity index (χ4v) is 2.40. The number of ether oxygens (including phenoxy) is 1. The fraction of sp³-hybridized carbons (Fsp3) is 0.125. The first-order chi connectivity index (χ1) is 10.2. The summed E-state index contributed by atoms with van der Waals surface area (Å²) in [4.78, 5) is 13.0. The summed E-state index contributed by atoms with van der Waals surface area (Å²) in [5.41, 5.74) is 1.50. The molecule has 0 aliphatic heterocycles. The Kier molecular flexibility index (Phi) is 5.26. The van der Waals surface area contributed by atoms with Crippen LogP contribution in [0, 0.1) is 11.3 Å². The molecule has 0 heterocycles. The maximum atomic E-state index is 12.1. The number of nitrogens with zero attached hydrogens (tertiary/aromatic N) is 1. The van der Waals surface area contributed by atoms with Gasteiger partial charge in [-0.25, -0.2) is 4.79 Å². The lowest BCUT2D eigenvalue weighted by atomic mass is 10.1. The minimum Gasteiger partial charge on any atom is -0.457 e. The molecule has 0 fully saturated rings. The molecule has 0 N–H and O–H groups in total. The molecule has 0 aromatic heterocycles. The Morgan fingerprint density at radius 2 is 2.10 bits per heavy atom. The predicted molar refractivity (Wildman–Crippen MR) is 83.5 cm³/mol. The minimum absolute atomic E-state index is 0.0440. The van der Waals surface area contributed by atoms with Gasteiger partial charge in [-0.05, 0) is 30.5 Å². The second-order valence-corrected chi connectivity index (χ2v) is 5.48. The fourth-order valence-electron chi connectivity index (χ4n) is 1.76. The third-order valence-corrected chi connectivity index (χ3v) is 3.94. The van der Waals surface area contributed by atoms with E-state index in [4.69, 9.17) is 21.6 Å². The Hall–Kier alpha value is -1.96. The number of carbonyl (C=O) groups excluding carboxylic acids is 1. The number of thioether (sulfide) groups is 1. The highest BCUT2D eigenvalue weighted by molar-refractivity contribution is 7.98. The highest BCUT2D eigenvalue weighted by atomic mass is 35.5. The molecule has 21 heavy (non-hydrogen) atoms. The molecule has 106 valence electrons. The van der Waals surface area contributed by atoms with Crippen molar-refractivity contribution < 1.29 is 9.53 Å². The van der Waals surface area contributed by atoms with Crippen molar-refractivity contribution in [3.05, 3.63) is 64.2 Å². The summed E-state index contributed by atoms with van der Waals surface area (Å²) in [7, 11) is 0. The second kappa shape index (κ2) is 7.16. The largest absolute Gasteiger partial charge is 0.457 e. The second-order valence-electron chi connectivity index (χ2n) is 4.19. The van der Waals surface area contributed by atoms with E-state index in [9.17, 15) is 4.79 Å². The highest BCUT2D eigenvalue weighted by Crippen LogP contribution is 2.24. The van der Waals surface area contributed by atoms with Gasteiger partial charge in [0.2, 0.25) is 0 Å². The first-order valence-electron chi connectivity index (χ1n) is 6.14. The molecule has 0 aliphatic rings. The summed E-state index contributed by atoms with van der Waals surface area (Å²) in [6.45, 7) is 0.0440. The van der Waals surface area contributed by atoms with Gasteiger partial charge in [0.25, 0.3) is 0 Å². The topological polar surface area (TPSA) is 50.1 Å². The van der Waals surface area contributed by atoms with Crippen LogP contribution >= 0.6 is 23.4 Å². The number of halogens is 1. The first kappa shape index (κ1) is 15.4. The van der Waals surface area contributed by atoms with E-state index in [0.717, 1.165) is 4.90 Å². The molecule has 5 heteroatoms. The summed E-state index contributed by atoms with van der Waals surface area (Å²) in [6.07, 6.45) is 1.92. The molecule has 0 radical (unpaired) electrons. The molecule has 0 saturated carbocycles. The molecule has 0 unspecified atom stereocenters. The van der Waals surface area contributed by atoms with Crippen molar-refractivity contribution in [3.63, 3.8) is 0 Å². The lowest BCUT2D eigenvalue weighted by molar-refractivity contribution is 0.0472. The standard InChI is InChI=1S/C16H12ClNO2S/c1-21-13-6-7-15(17)14(8-13)16(19)20-10-12-5-3-2-4-11(12)9-18/h2-8H,10H2,1H3. The number of nitriles is 1. The van der Waals surface area contributed by atoms with Gasteiger partial charge in [-0.15, -0.1) is 11.8 Å². The van der Waals surface area contributed by atoms with Crippen molar-refractivity contribution in [1.29, 1.82) is 5.26 Å². The normalized spacial score (nSPS) is 9.95. The van der Waals surface area contributed by atoms with Crippen molar-refractivity contribution in [1.82, 2.24) is 0 Å². The van der Waals surface area contributed by atoms with Crippen molar-refractivity contribution in [3.8, 4) is 6.07 Å². The summed E-state index contributed by atoms with van der Waals surface area (Å²) >= 11 is 7.55. The average molecular weight is 318 g/mol. The number of esters is 1. The molecular formula is C16H12ClNO2S. The van der Waals surface area contributed by atoms with E-state index in [0.29, 0.717) is 21.7 Å². The number of hydrogen-bond acceptors (Lipinski definition) is 4. The zero-order valence-corrected chi connectivity index (χ0v) is 12.9. The van der Waals surface area contributed by atoms with Crippen LogP contribution in [0.25, 0.3) is 0 Å². The number of carbonyl (C=O) groups is 1. The quantitative estimate of drug-likeness (QED) is 0.623. The molecule has 0 atom stereocenters. The van der Waals surface area contributed by atoms with Gasteiger partial charge >= 0.3 is 5.97 Å². The maximum absolute atomic E-state index is 12.1. The summed E-state index contributed by atoms with van der Waals surface area (Å²) < 4.78 is 5.25. The number of rotatable bonds is 4. The molecule has 0 saturated heterocycles. The molecule has 0 aliphatic carbocycles. The highest BCUT2D eigenvalue weighted by Gasteiger charge is 2.13. The van der Waals surface area contributed by atoms with Gasteiger partial charge in [0.1, 0.15) is 6.61 Å². The van der Waals surface area contributed by atoms with Crippen LogP contribution in [0.4, 0.5) is 0 Å². The van der Waals surface area contributed by atoms with E-state index in [2.05, 4.69) is 6.07 Å². The zero-order chi connectivity index (χ0) is 15.2. The van der Waals surface area contributed by atoms with Gasteiger partial charge in [0, 0.05) is 10.5 Å². The lowest BCUT2D eigenvalue weighted by Gasteiger charge is -2.08. The van der Waals surface area contributed by atoms with Gasteiger partial charge in [-0.3, -0.25) is 0 Å². The van der Waals surface area contributed by atoms with Gasteiger partial charge < -0.3 is 4.74 Å². The van der Waals surface area contributed by atoms with Crippen molar-refractivity contribution >= 4 is 29.3 Å². The molecule has 2 aromatic carbocycles. The monoisotopic (exact) mass is 317 g/mol. The van der Waals surface area contributed by atoms with Gasteiger partial charge in [0.05, 0.1) is 22.2 Å². The SMILES string of the molecule is CSc1ccc(Cl)c(C(=O)OCc2ccccc2C#N)c1. The zero-order valence-electron chi connectivity index (χ0n) is 11.3. The van der Waals surface area contributed by atoms with E-state index in [1.165, 1.54) is 11.8 Å². The third kappa shape index (κ3) is 3.78. The van der Waals surface area contributed by atoms with Crippen LogP contribution in [0.5, 0.6) is 0 Å². The van der Waals surface area contributed by atoms with Crippen molar-refractivity contribution in [2.75, 3.05) is 6.26 Å². The lowest BCUT2D eigenvalue weighted by Crippen LogP contribution is -2.07. The molecule has 3 nitrogen and oxygen atoms in total. The number of hydrogen-bond donors (Lipinski definition) is 0. The van der Waals surface area contributed by atoms with E-state index < -0.39 is 5.97 Å². The van der Waals surface area contributed by atoms with Crippen LogP contribution in [-0.2, 0) is 11.3 Å². The van der Waals surface area contributed by atoms with Gasteiger partial charge in [0.15, 0.2) is 0 Å². The summed E-state index contributed by atoms with van der Waals surface area (Å²) in [5.74, 6) is -0.497. The van der Waals surface area contributed by atoms with Crippen LogP contribution in [0.2, 0.25) is 5.02 Å². The van der Waals surface area contributed by atoms with Crippen LogP contribution < -0.4 is 0 Å². The van der Waals surface area contributed by atoms with Crippen molar-refractivity contribution in [2.45, 2.75) is 11.5 Å². The Morgan fingerprint density at radius 1 is 1.33 bits per heavy atom. The summed E-state index contributed by atoms with van der Waals surface area (Å²) in [6, 6.07) is 14.3. The van der Waals surface area contributed by atoms with Gasteiger partial charge in [-0.1, -0.05) is 29.8 Å².